The molecule has 3 amide bonds. The van der Waals surface area contributed by atoms with E-state index in [1.54, 1.807) is 35.1 Å². The van der Waals surface area contributed by atoms with Crippen LogP contribution in [0.1, 0.15) is 15.9 Å². The molecule has 1 heterocycles. The van der Waals surface area contributed by atoms with Crippen LogP contribution in [0.3, 0.4) is 0 Å². The van der Waals surface area contributed by atoms with Crippen LogP contribution in [0.4, 0.5) is 16.2 Å². The fourth-order valence-corrected chi connectivity index (χ4v) is 2.55. The fourth-order valence-electron chi connectivity index (χ4n) is 2.35. The van der Waals surface area contributed by atoms with Crippen molar-refractivity contribution in [1.82, 2.24) is 9.78 Å². The Kier molecular flexibility index (Phi) is 5.19. The van der Waals surface area contributed by atoms with Gasteiger partial charge in [0.05, 0.1) is 18.3 Å². The number of hydrogen-bond acceptors (Lipinski definition) is 3. The molecule has 0 aliphatic carbocycles. The second kappa shape index (κ2) is 7.71. The maximum atomic E-state index is 12.3. The first-order valence-corrected chi connectivity index (χ1v) is 8.13. The van der Waals surface area contributed by atoms with Crippen LogP contribution in [0.2, 0.25) is 5.02 Å². The van der Waals surface area contributed by atoms with Gasteiger partial charge in [0.2, 0.25) is 0 Å². The standard InChI is InChI=1S/C18H16ClN5O2/c19-16-4-2-1-3-12(16)10-24-11-13(9-21-24)17(25)22-14-5-7-15(8-6-14)23-18(20)26/h1-9,11H,10H2,(H,22,25)(H3,20,23,26). The van der Waals surface area contributed by atoms with Crippen LogP contribution in [-0.2, 0) is 6.54 Å². The Morgan fingerprint density at radius 2 is 1.69 bits per heavy atom. The molecule has 0 fully saturated rings. The van der Waals surface area contributed by atoms with E-state index in [9.17, 15) is 9.59 Å². The summed E-state index contributed by atoms with van der Waals surface area (Å²) >= 11 is 6.14. The monoisotopic (exact) mass is 369 g/mol. The molecule has 3 aromatic rings. The lowest BCUT2D eigenvalue weighted by Gasteiger charge is -2.06. The van der Waals surface area contributed by atoms with Crippen LogP contribution in [0.15, 0.2) is 60.9 Å². The van der Waals surface area contributed by atoms with Crippen molar-refractivity contribution in [3.8, 4) is 0 Å². The van der Waals surface area contributed by atoms with Gasteiger partial charge in [0.15, 0.2) is 0 Å². The molecule has 1 aromatic heterocycles. The minimum absolute atomic E-state index is 0.286. The number of urea groups is 1. The van der Waals surface area contributed by atoms with Crippen LogP contribution in [0.5, 0.6) is 0 Å². The zero-order valence-corrected chi connectivity index (χ0v) is 14.4. The molecule has 0 bridgehead atoms. The van der Waals surface area contributed by atoms with E-state index < -0.39 is 6.03 Å². The van der Waals surface area contributed by atoms with Gasteiger partial charge >= 0.3 is 6.03 Å². The summed E-state index contributed by atoms with van der Waals surface area (Å²) < 4.78 is 1.65. The quantitative estimate of drug-likeness (QED) is 0.642. The second-order valence-corrected chi connectivity index (χ2v) is 5.95. The normalized spacial score (nSPS) is 10.3. The molecule has 4 N–H and O–H groups in total. The Bertz CT molecular complexity index is 937. The summed E-state index contributed by atoms with van der Waals surface area (Å²) in [5.74, 6) is -0.286. The van der Waals surface area contributed by atoms with Gasteiger partial charge in [-0.25, -0.2) is 4.79 Å². The molecule has 0 radical (unpaired) electrons. The lowest BCUT2D eigenvalue weighted by atomic mass is 10.2. The number of rotatable bonds is 5. The third-order valence-electron chi connectivity index (χ3n) is 3.60. The number of nitrogens with two attached hydrogens (primary N) is 1. The Morgan fingerprint density at radius 3 is 2.35 bits per heavy atom. The summed E-state index contributed by atoms with van der Waals surface area (Å²) in [5.41, 5.74) is 7.53. The largest absolute Gasteiger partial charge is 0.351 e. The average Bonchev–Trinajstić information content (AvgIpc) is 3.07. The Balaban J connectivity index is 1.64. The van der Waals surface area contributed by atoms with Crippen LogP contribution >= 0.6 is 11.6 Å². The Morgan fingerprint density at radius 1 is 1.04 bits per heavy atom. The van der Waals surface area contributed by atoms with E-state index in [2.05, 4.69) is 15.7 Å². The summed E-state index contributed by atoms with van der Waals surface area (Å²) in [6.07, 6.45) is 3.15. The number of carbonyl (C=O) groups excluding carboxylic acids is 2. The first kappa shape index (κ1) is 17.5. The number of primary amides is 1. The summed E-state index contributed by atoms with van der Waals surface area (Å²) in [6, 6.07) is 13.4. The van der Waals surface area contributed by atoms with Gasteiger partial charge in [-0.1, -0.05) is 29.8 Å². The van der Waals surface area contributed by atoms with E-state index >= 15 is 0 Å². The molecule has 2 aromatic carbocycles. The van der Waals surface area contributed by atoms with E-state index in [1.165, 1.54) is 6.20 Å². The van der Waals surface area contributed by atoms with Gasteiger partial charge < -0.3 is 16.4 Å². The molecule has 8 heteroatoms. The Hall–Kier alpha value is -3.32. The summed E-state index contributed by atoms with van der Waals surface area (Å²) in [6.45, 7) is 0.473. The highest BCUT2D eigenvalue weighted by atomic mass is 35.5. The summed E-state index contributed by atoms with van der Waals surface area (Å²) in [5, 5.41) is 10.1. The SMILES string of the molecule is NC(=O)Nc1ccc(NC(=O)c2cnn(Cc3ccccc3Cl)c2)cc1. The molecule has 0 spiro atoms. The van der Waals surface area contributed by atoms with Gasteiger partial charge in [-0.15, -0.1) is 0 Å². The molecule has 0 saturated heterocycles. The topological polar surface area (TPSA) is 102 Å². The zero-order valence-electron chi connectivity index (χ0n) is 13.6. The predicted octanol–water partition coefficient (Wildman–Crippen LogP) is 3.33. The zero-order chi connectivity index (χ0) is 18.5. The third-order valence-corrected chi connectivity index (χ3v) is 3.96. The molecule has 0 aliphatic heterocycles. The van der Waals surface area contributed by atoms with Gasteiger partial charge in [0, 0.05) is 22.6 Å². The van der Waals surface area contributed by atoms with Crippen molar-refractivity contribution in [1.29, 1.82) is 0 Å². The number of nitrogens with one attached hydrogen (secondary N) is 2. The predicted molar refractivity (Wildman–Crippen MR) is 100 cm³/mol. The molecule has 26 heavy (non-hydrogen) atoms. The van der Waals surface area contributed by atoms with Crippen molar-refractivity contribution in [2.24, 2.45) is 5.73 Å². The number of hydrogen-bond donors (Lipinski definition) is 3. The van der Waals surface area contributed by atoms with E-state index in [-0.39, 0.29) is 5.91 Å². The van der Waals surface area contributed by atoms with Crippen molar-refractivity contribution in [2.75, 3.05) is 10.6 Å². The molecule has 0 atom stereocenters. The molecule has 3 rings (SSSR count). The minimum Gasteiger partial charge on any atom is -0.351 e. The summed E-state index contributed by atoms with van der Waals surface area (Å²) in [4.78, 5) is 23.1. The summed E-state index contributed by atoms with van der Waals surface area (Å²) in [7, 11) is 0. The number of amides is 3. The molecule has 0 aliphatic rings. The maximum Gasteiger partial charge on any atom is 0.316 e. The minimum atomic E-state index is -0.646. The lowest BCUT2D eigenvalue weighted by molar-refractivity contribution is 0.102. The third kappa shape index (κ3) is 4.40. The number of anilines is 2. The van der Waals surface area contributed by atoms with E-state index in [4.69, 9.17) is 17.3 Å². The smallest absolute Gasteiger partial charge is 0.316 e. The molecule has 132 valence electrons. The van der Waals surface area contributed by atoms with Gasteiger partial charge in [0.25, 0.3) is 5.91 Å². The highest BCUT2D eigenvalue weighted by Gasteiger charge is 2.10. The molecular formula is C18H16ClN5O2. The van der Waals surface area contributed by atoms with Crippen molar-refractivity contribution in [3.05, 3.63) is 77.1 Å². The Labute approximate surface area is 154 Å². The van der Waals surface area contributed by atoms with Gasteiger partial charge in [-0.2, -0.15) is 5.10 Å². The molecular weight excluding hydrogens is 354 g/mol. The average molecular weight is 370 g/mol. The first-order chi connectivity index (χ1) is 12.5. The molecule has 0 saturated carbocycles. The molecule has 7 nitrogen and oxygen atoms in total. The van der Waals surface area contributed by atoms with Crippen LogP contribution < -0.4 is 16.4 Å². The van der Waals surface area contributed by atoms with Crippen molar-refractivity contribution in [2.45, 2.75) is 6.54 Å². The highest BCUT2D eigenvalue weighted by Crippen LogP contribution is 2.17. The van der Waals surface area contributed by atoms with Crippen LogP contribution in [0.25, 0.3) is 0 Å². The van der Waals surface area contributed by atoms with E-state index in [0.29, 0.717) is 28.5 Å². The second-order valence-electron chi connectivity index (χ2n) is 5.54. The van der Waals surface area contributed by atoms with E-state index in [0.717, 1.165) is 5.56 Å². The first-order valence-electron chi connectivity index (χ1n) is 7.75. The fraction of sp³-hybridized carbons (Fsp3) is 0.0556. The van der Waals surface area contributed by atoms with E-state index in [1.807, 2.05) is 24.3 Å². The van der Waals surface area contributed by atoms with Crippen LogP contribution in [0, 0.1) is 0 Å². The van der Waals surface area contributed by atoms with Crippen molar-refractivity contribution >= 4 is 34.9 Å². The van der Waals surface area contributed by atoms with Gasteiger partial charge in [-0.3, -0.25) is 9.48 Å². The number of aromatic nitrogens is 2. The van der Waals surface area contributed by atoms with Crippen molar-refractivity contribution < 1.29 is 9.59 Å². The van der Waals surface area contributed by atoms with Gasteiger partial charge in [0.1, 0.15) is 0 Å². The van der Waals surface area contributed by atoms with Crippen LogP contribution in [-0.4, -0.2) is 21.7 Å². The van der Waals surface area contributed by atoms with Crippen molar-refractivity contribution in [3.63, 3.8) is 0 Å². The van der Waals surface area contributed by atoms with Gasteiger partial charge in [-0.05, 0) is 35.9 Å². The molecule has 0 unspecified atom stereocenters. The number of benzene rings is 2. The lowest BCUT2D eigenvalue weighted by Crippen LogP contribution is -2.19. The maximum absolute atomic E-state index is 12.3. The number of halogens is 1. The number of carbonyl (C=O) groups is 2. The number of nitrogens with zero attached hydrogens (tertiary/aromatic N) is 2. The highest BCUT2D eigenvalue weighted by molar-refractivity contribution is 6.31.